The first-order valence-corrected chi connectivity index (χ1v) is 7.36. The molecule has 0 spiro atoms. The summed E-state index contributed by atoms with van der Waals surface area (Å²) in [5.41, 5.74) is 1.23. The van der Waals surface area contributed by atoms with Crippen molar-refractivity contribution in [3.63, 3.8) is 0 Å². The van der Waals surface area contributed by atoms with Crippen molar-refractivity contribution in [2.45, 2.75) is 32.2 Å². The Morgan fingerprint density at radius 2 is 2.35 bits per heavy atom. The minimum atomic E-state index is 0.279. The Morgan fingerprint density at radius 3 is 3.20 bits per heavy atom. The molecule has 1 atom stereocenters. The van der Waals surface area contributed by atoms with Gasteiger partial charge in [-0.25, -0.2) is 9.97 Å². The van der Waals surface area contributed by atoms with Gasteiger partial charge in [-0.2, -0.15) is 4.98 Å². The van der Waals surface area contributed by atoms with E-state index >= 15 is 0 Å². The van der Waals surface area contributed by atoms with Gasteiger partial charge in [0.05, 0.1) is 6.33 Å². The van der Waals surface area contributed by atoms with Gasteiger partial charge in [0.25, 0.3) is 0 Å². The molecule has 0 N–H and O–H groups in total. The summed E-state index contributed by atoms with van der Waals surface area (Å²) < 4.78 is 7.61. The largest absolute Gasteiger partial charge is 0.339 e. The van der Waals surface area contributed by atoms with Crippen molar-refractivity contribution < 1.29 is 4.52 Å². The van der Waals surface area contributed by atoms with E-state index in [0.717, 1.165) is 29.3 Å². The van der Waals surface area contributed by atoms with Gasteiger partial charge in [0.15, 0.2) is 5.01 Å². The predicted molar refractivity (Wildman–Crippen MR) is 73.4 cm³/mol. The quantitative estimate of drug-likeness (QED) is 0.724. The number of fused-ring (bicyclic) bond motifs is 1. The molecule has 102 valence electrons. The van der Waals surface area contributed by atoms with Gasteiger partial charge in [-0.05, 0) is 13.3 Å². The summed E-state index contributed by atoms with van der Waals surface area (Å²) in [5.74, 6) is 1.58. The van der Waals surface area contributed by atoms with Crippen LogP contribution in [0.4, 0.5) is 0 Å². The highest BCUT2D eigenvalue weighted by Crippen LogP contribution is 2.30. The Morgan fingerprint density at radius 1 is 1.40 bits per heavy atom. The van der Waals surface area contributed by atoms with Crippen molar-refractivity contribution in [2.24, 2.45) is 0 Å². The minimum Gasteiger partial charge on any atom is -0.339 e. The number of imidazole rings is 1. The standard InChI is InChI=1S/C13H13N5OS/c1-8-5-15-13(20-8)11-16-12(19-17-11)9-2-3-18-7-14-6-10(18)4-9/h5-7,9H,2-4H2,1H3. The summed E-state index contributed by atoms with van der Waals surface area (Å²) in [6.45, 7) is 2.97. The van der Waals surface area contributed by atoms with Crippen LogP contribution in [0.2, 0.25) is 0 Å². The normalized spacial score (nSPS) is 18.1. The minimum absolute atomic E-state index is 0.279. The zero-order chi connectivity index (χ0) is 13.5. The Bertz CT molecular complexity index is 743. The summed E-state index contributed by atoms with van der Waals surface area (Å²) in [6, 6.07) is 0. The molecule has 0 radical (unpaired) electrons. The number of nitrogens with zero attached hydrogens (tertiary/aromatic N) is 5. The number of thiazole rings is 1. The van der Waals surface area contributed by atoms with Crippen LogP contribution in [-0.4, -0.2) is 24.7 Å². The third-order valence-electron chi connectivity index (χ3n) is 3.58. The molecule has 6 nitrogen and oxygen atoms in total. The summed E-state index contributed by atoms with van der Waals surface area (Å²) in [7, 11) is 0. The SMILES string of the molecule is Cc1cnc(-c2noc(C3CCn4cncc4C3)n2)s1. The molecular formula is C13H13N5OS. The lowest BCUT2D eigenvalue weighted by Crippen LogP contribution is -2.17. The highest BCUT2D eigenvalue weighted by molar-refractivity contribution is 7.14. The summed E-state index contributed by atoms with van der Waals surface area (Å²) >= 11 is 1.58. The lowest BCUT2D eigenvalue weighted by molar-refractivity contribution is 0.325. The molecule has 0 saturated heterocycles. The van der Waals surface area contributed by atoms with Crippen LogP contribution < -0.4 is 0 Å². The average molecular weight is 287 g/mol. The second kappa shape index (κ2) is 4.52. The summed E-state index contributed by atoms with van der Waals surface area (Å²) in [6.07, 6.45) is 7.52. The van der Waals surface area contributed by atoms with Crippen LogP contribution in [0.15, 0.2) is 23.2 Å². The molecule has 0 aliphatic carbocycles. The van der Waals surface area contributed by atoms with Crippen molar-refractivity contribution >= 4 is 11.3 Å². The van der Waals surface area contributed by atoms with Crippen molar-refractivity contribution in [1.82, 2.24) is 24.7 Å². The number of aromatic nitrogens is 5. The fourth-order valence-corrected chi connectivity index (χ4v) is 3.22. The first-order valence-electron chi connectivity index (χ1n) is 6.55. The lowest BCUT2D eigenvalue weighted by Gasteiger charge is -2.20. The van der Waals surface area contributed by atoms with Gasteiger partial charge in [0.2, 0.25) is 11.7 Å². The van der Waals surface area contributed by atoms with E-state index in [4.69, 9.17) is 4.52 Å². The molecule has 0 bridgehead atoms. The molecule has 0 fully saturated rings. The smallest absolute Gasteiger partial charge is 0.231 e. The van der Waals surface area contributed by atoms with E-state index in [2.05, 4.69) is 24.7 Å². The molecule has 0 aromatic carbocycles. The van der Waals surface area contributed by atoms with Crippen LogP contribution in [0.25, 0.3) is 10.8 Å². The lowest BCUT2D eigenvalue weighted by atomic mass is 9.96. The topological polar surface area (TPSA) is 69.6 Å². The van der Waals surface area contributed by atoms with Crippen molar-refractivity contribution in [1.29, 1.82) is 0 Å². The maximum absolute atomic E-state index is 5.44. The maximum Gasteiger partial charge on any atom is 0.231 e. The first kappa shape index (κ1) is 11.8. The van der Waals surface area contributed by atoms with Gasteiger partial charge in [-0.15, -0.1) is 11.3 Å². The van der Waals surface area contributed by atoms with Crippen LogP contribution in [0.1, 0.15) is 28.8 Å². The highest BCUT2D eigenvalue weighted by atomic mass is 32.1. The van der Waals surface area contributed by atoms with Gasteiger partial charge in [-0.3, -0.25) is 0 Å². The molecule has 7 heteroatoms. The van der Waals surface area contributed by atoms with Crippen molar-refractivity contribution in [2.75, 3.05) is 0 Å². The maximum atomic E-state index is 5.44. The molecule has 1 unspecified atom stereocenters. The van der Waals surface area contributed by atoms with E-state index in [9.17, 15) is 0 Å². The van der Waals surface area contributed by atoms with E-state index in [1.165, 1.54) is 5.69 Å². The molecule has 1 aliphatic heterocycles. The van der Waals surface area contributed by atoms with Gasteiger partial charge in [0, 0.05) is 41.8 Å². The van der Waals surface area contributed by atoms with Gasteiger partial charge in [-0.1, -0.05) is 5.16 Å². The van der Waals surface area contributed by atoms with Crippen LogP contribution in [0, 0.1) is 6.92 Å². The molecule has 1 aliphatic rings. The molecule has 20 heavy (non-hydrogen) atoms. The molecule has 4 heterocycles. The summed E-state index contributed by atoms with van der Waals surface area (Å²) in [5, 5.41) is 4.88. The van der Waals surface area contributed by atoms with E-state index in [1.807, 2.05) is 25.6 Å². The fourth-order valence-electron chi connectivity index (χ4n) is 2.53. The Balaban J connectivity index is 1.60. The molecule has 0 saturated carbocycles. The first-order chi connectivity index (χ1) is 9.79. The van der Waals surface area contributed by atoms with Crippen LogP contribution in [0.3, 0.4) is 0 Å². The fraction of sp³-hybridized carbons (Fsp3) is 0.385. The number of aryl methyl sites for hydroxylation is 2. The number of hydrogen-bond donors (Lipinski definition) is 0. The molecule has 0 amide bonds. The van der Waals surface area contributed by atoms with E-state index in [0.29, 0.717) is 11.7 Å². The molecule has 3 aromatic heterocycles. The van der Waals surface area contributed by atoms with Crippen LogP contribution >= 0.6 is 11.3 Å². The third-order valence-corrected chi connectivity index (χ3v) is 4.48. The van der Waals surface area contributed by atoms with Gasteiger partial charge in [0.1, 0.15) is 0 Å². The van der Waals surface area contributed by atoms with Crippen molar-refractivity contribution in [3.8, 4) is 10.8 Å². The second-order valence-corrected chi connectivity index (χ2v) is 6.24. The Labute approximate surface area is 119 Å². The van der Waals surface area contributed by atoms with E-state index in [-0.39, 0.29) is 5.92 Å². The average Bonchev–Trinajstić information content (AvgIpc) is 3.17. The Hall–Kier alpha value is -2.02. The van der Waals surface area contributed by atoms with Gasteiger partial charge >= 0.3 is 0 Å². The molecule has 4 rings (SSSR count). The molecular weight excluding hydrogens is 274 g/mol. The van der Waals surface area contributed by atoms with Gasteiger partial charge < -0.3 is 9.09 Å². The van der Waals surface area contributed by atoms with Crippen LogP contribution in [-0.2, 0) is 13.0 Å². The highest BCUT2D eigenvalue weighted by Gasteiger charge is 2.25. The zero-order valence-corrected chi connectivity index (χ0v) is 11.8. The van der Waals surface area contributed by atoms with E-state index in [1.54, 1.807) is 11.3 Å². The number of hydrogen-bond acceptors (Lipinski definition) is 6. The second-order valence-electron chi connectivity index (χ2n) is 5.00. The molecule has 3 aromatic rings. The number of rotatable bonds is 2. The van der Waals surface area contributed by atoms with Crippen molar-refractivity contribution in [3.05, 3.63) is 35.2 Å². The predicted octanol–water partition coefficient (Wildman–Crippen LogP) is 2.43. The zero-order valence-electron chi connectivity index (χ0n) is 11.0. The van der Waals surface area contributed by atoms with Crippen LogP contribution in [0.5, 0.6) is 0 Å². The summed E-state index contributed by atoms with van der Waals surface area (Å²) in [4.78, 5) is 14.1. The Kier molecular flexibility index (Phi) is 2.66. The monoisotopic (exact) mass is 287 g/mol. The van der Waals surface area contributed by atoms with E-state index < -0.39 is 0 Å². The third kappa shape index (κ3) is 1.94.